The van der Waals surface area contributed by atoms with Crippen LogP contribution in [0.4, 0.5) is 5.69 Å². The van der Waals surface area contributed by atoms with Crippen LogP contribution in [0.25, 0.3) is 22.4 Å². The number of aromatic nitrogens is 2. The molecule has 7 heteroatoms. The number of H-pyrrole nitrogens is 2. The van der Waals surface area contributed by atoms with E-state index in [1.807, 2.05) is 60.7 Å². The summed E-state index contributed by atoms with van der Waals surface area (Å²) in [7, 11) is 0. The number of rotatable bonds is 6. The van der Waals surface area contributed by atoms with Crippen molar-refractivity contribution in [1.29, 1.82) is 0 Å². The first-order valence-electron chi connectivity index (χ1n) is 10.3. The van der Waals surface area contributed by atoms with E-state index in [-0.39, 0.29) is 18.3 Å². The van der Waals surface area contributed by atoms with E-state index >= 15 is 0 Å². The molecule has 0 aliphatic carbocycles. The highest BCUT2D eigenvalue weighted by Crippen LogP contribution is 2.23. The van der Waals surface area contributed by atoms with Gasteiger partial charge in [0.05, 0.1) is 28.5 Å². The number of aliphatic imine (C=N–C) groups is 1. The number of furan rings is 1. The van der Waals surface area contributed by atoms with Gasteiger partial charge in [0, 0.05) is 5.56 Å². The first-order valence-corrected chi connectivity index (χ1v) is 10.3. The molecule has 0 atom stereocenters. The number of nitrogens with one attached hydrogen (secondary N) is 2. The monoisotopic (exact) mass is 437 g/mol. The molecule has 0 aliphatic heterocycles. The second-order valence-corrected chi connectivity index (χ2v) is 7.41. The smallest absolute Gasteiger partial charge is 0.338 e. The minimum absolute atomic E-state index is 0.232. The number of carbonyl (C=O) groups is 1. The number of nitrogens with zero attached hydrogens (tertiary/aromatic N) is 1. The van der Waals surface area contributed by atoms with Gasteiger partial charge in [-0.25, -0.2) is 9.59 Å². The van der Waals surface area contributed by atoms with Gasteiger partial charge in [-0.05, 0) is 48.0 Å². The summed E-state index contributed by atoms with van der Waals surface area (Å²) >= 11 is 0. The molecule has 2 heterocycles. The van der Waals surface area contributed by atoms with Crippen molar-refractivity contribution < 1.29 is 13.9 Å². The number of aromatic amines is 2. The Kier molecular flexibility index (Phi) is 5.43. The van der Waals surface area contributed by atoms with Crippen molar-refractivity contribution in [3.8, 4) is 11.3 Å². The Bertz CT molecular complexity index is 1490. The number of esters is 1. The number of carbonyl (C=O) groups excluding carboxylic acids is 1. The van der Waals surface area contributed by atoms with Gasteiger partial charge in [0.2, 0.25) is 0 Å². The van der Waals surface area contributed by atoms with Gasteiger partial charge in [-0.1, -0.05) is 42.5 Å². The fourth-order valence-electron chi connectivity index (χ4n) is 3.39. The van der Waals surface area contributed by atoms with Crippen LogP contribution in [0.15, 0.2) is 99.1 Å². The van der Waals surface area contributed by atoms with Crippen LogP contribution in [-0.4, -0.2) is 22.2 Å². The molecule has 5 aromatic rings. The van der Waals surface area contributed by atoms with Crippen molar-refractivity contribution >= 4 is 28.9 Å². The van der Waals surface area contributed by atoms with Gasteiger partial charge in [-0.3, -0.25) is 4.99 Å². The maximum atomic E-state index is 12.3. The van der Waals surface area contributed by atoms with Crippen molar-refractivity contribution in [2.45, 2.75) is 6.61 Å². The van der Waals surface area contributed by atoms with E-state index in [1.54, 1.807) is 30.5 Å². The summed E-state index contributed by atoms with van der Waals surface area (Å²) in [6.45, 7) is 0.232. The zero-order valence-electron chi connectivity index (χ0n) is 17.4. The highest BCUT2D eigenvalue weighted by atomic mass is 16.5. The van der Waals surface area contributed by atoms with Gasteiger partial charge >= 0.3 is 11.7 Å². The van der Waals surface area contributed by atoms with E-state index in [0.717, 1.165) is 16.6 Å². The Morgan fingerprint density at radius 1 is 0.909 bits per heavy atom. The molecular formula is C26H19N3O4. The first kappa shape index (κ1) is 20.3. The van der Waals surface area contributed by atoms with Crippen LogP contribution in [0.1, 0.15) is 21.7 Å². The summed E-state index contributed by atoms with van der Waals surface area (Å²) < 4.78 is 11.2. The number of hydrogen-bond acceptors (Lipinski definition) is 5. The molecule has 0 aliphatic rings. The highest BCUT2D eigenvalue weighted by molar-refractivity contribution is 5.90. The maximum Gasteiger partial charge on any atom is 0.338 e. The molecule has 33 heavy (non-hydrogen) atoms. The standard InChI is InChI=1S/C26H19N3O4/c30-25(32-16-17-4-2-1-3-5-17)19-8-6-18(7-9-19)24-13-11-21(33-24)15-27-20-10-12-22-23(14-20)29-26(31)28-22/h1-15H,16H2,(H2,28,29,31). The SMILES string of the molecule is O=C(OCc1ccccc1)c1ccc(-c2ccc(C=Nc3ccc4[nH]c(=O)[nH]c4c3)o2)cc1. The molecule has 2 N–H and O–H groups in total. The minimum atomic E-state index is -0.376. The molecule has 0 saturated carbocycles. The number of imidazole rings is 1. The van der Waals surface area contributed by atoms with E-state index in [9.17, 15) is 9.59 Å². The van der Waals surface area contributed by atoms with Gasteiger partial charge < -0.3 is 19.1 Å². The lowest BCUT2D eigenvalue weighted by Crippen LogP contribution is -2.04. The summed E-state index contributed by atoms with van der Waals surface area (Å²) in [4.78, 5) is 33.5. The Morgan fingerprint density at radius 2 is 1.70 bits per heavy atom. The molecule has 0 spiro atoms. The Labute approximate surface area is 188 Å². The van der Waals surface area contributed by atoms with Crippen LogP contribution in [0.5, 0.6) is 0 Å². The molecule has 2 aromatic heterocycles. The van der Waals surface area contributed by atoms with Crippen LogP contribution < -0.4 is 5.69 Å². The first-order chi connectivity index (χ1) is 16.1. The normalized spacial score (nSPS) is 11.3. The summed E-state index contributed by atoms with van der Waals surface area (Å²) in [6, 6.07) is 25.6. The Hall–Kier alpha value is -4.65. The predicted octanol–water partition coefficient (Wildman–Crippen LogP) is 5.22. The lowest BCUT2D eigenvalue weighted by atomic mass is 10.1. The van der Waals surface area contributed by atoms with Crippen molar-refractivity contribution in [3.63, 3.8) is 0 Å². The van der Waals surface area contributed by atoms with Crippen LogP contribution in [0, 0.1) is 0 Å². The zero-order valence-corrected chi connectivity index (χ0v) is 17.4. The highest BCUT2D eigenvalue weighted by Gasteiger charge is 2.09. The summed E-state index contributed by atoms with van der Waals surface area (Å²) in [6.07, 6.45) is 1.62. The van der Waals surface area contributed by atoms with Crippen LogP contribution in [0.2, 0.25) is 0 Å². The topological polar surface area (TPSA) is 100 Å². The van der Waals surface area contributed by atoms with Crippen molar-refractivity contribution in [2.75, 3.05) is 0 Å². The van der Waals surface area contributed by atoms with Crippen molar-refractivity contribution in [2.24, 2.45) is 4.99 Å². The maximum absolute atomic E-state index is 12.3. The Balaban J connectivity index is 1.24. The zero-order chi connectivity index (χ0) is 22.6. The second kappa shape index (κ2) is 8.84. The lowest BCUT2D eigenvalue weighted by molar-refractivity contribution is 0.0472. The largest absolute Gasteiger partial charge is 0.457 e. The van der Waals surface area contributed by atoms with E-state index in [4.69, 9.17) is 9.15 Å². The minimum Gasteiger partial charge on any atom is -0.457 e. The molecular weight excluding hydrogens is 418 g/mol. The molecule has 0 unspecified atom stereocenters. The molecule has 0 bridgehead atoms. The lowest BCUT2D eigenvalue weighted by Gasteiger charge is -2.05. The third kappa shape index (κ3) is 4.67. The fraction of sp³-hybridized carbons (Fsp3) is 0.0385. The average Bonchev–Trinajstić information content (AvgIpc) is 3.47. The van der Waals surface area contributed by atoms with Gasteiger partial charge in [0.25, 0.3) is 0 Å². The molecule has 0 saturated heterocycles. The third-order valence-corrected chi connectivity index (χ3v) is 5.09. The molecule has 0 amide bonds. The number of benzene rings is 3. The van der Waals surface area contributed by atoms with Crippen LogP contribution in [-0.2, 0) is 11.3 Å². The molecule has 5 rings (SSSR count). The van der Waals surface area contributed by atoms with E-state index in [1.165, 1.54) is 0 Å². The van der Waals surface area contributed by atoms with Gasteiger partial charge in [-0.2, -0.15) is 0 Å². The summed E-state index contributed by atoms with van der Waals surface area (Å²) in [5, 5.41) is 0. The van der Waals surface area contributed by atoms with Gasteiger partial charge in [0.15, 0.2) is 0 Å². The molecule has 0 fully saturated rings. The fourth-order valence-corrected chi connectivity index (χ4v) is 3.39. The molecule has 7 nitrogen and oxygen atoms in total. The quantitative estimate of drug-likeness (QED) is 0.281. The molecule has 162 valence electrons. The van der Waals surface area contributed by atoms with E-state index in [2.05, 4.69) is 15.0 Å². The van der Waals surface area contributed by atoms with Gasteiger partial charge in [0.1, 0.15) is 18.1 Å². The van der Waals surface area contributed by atoms with Crippen LogP contribution >= 0.6 is 0 Å². The predicted molar refractivity (Wildman–Crippen MR) is 126 cm³/mol. The van der Waals surface area contributed by atoms with Crippen molar-refractivity contribution in [1.82, 2.24) is 9.97 Å². The second-order valence-electron chi connectivity index (χ2n) is 7.41. The van der Waals surface area contributed by atoms with Crippen LogP contribution in [0.3, 0.4) is 0 Å². The number of hydrogen-bond donors (Lipinski definition) is 2. The molecule has 3 aromatic carbocycles. The van der Waals surface area contributed by atoms with Crippen molar-refractivity contribution in [3.05, 3.63) is 112 Å². The number of fused-ring (bicyclic) bond motifs is 1. The average molecular weight is 437 g/mol. The van der Waals surface area contributed by atoms with Gasteiger partial charge in [-0.15, -0.1) is 0 Å². The Morgan fingerprint density at radius 3 is 2.52 bits per heavy atom. The third-order valence-electron chi connectivity index (χ3n) is 5.09. The number of ether oxygens (including phenoxy) is 1. The molecule has 0 radical (unpaired) electrons. The summed E-state index contributed by atoms with van der Waals surface area (Å²) in [5.41, 5.74) is 4.10. The van der Waals surface area contributed by atoms with E-state index < -0.39 is 0 Å². The van der Waals surface area contributed by atoms with E-state index in [0.29, 0.717) is 28.3 Å². The summed E-state index contributed by atoms with van der Waals surface area (Å²) in [5.74, 6) is 0.864.